The first kappa shape index (κ1) is 15.3. The molecule has 0 aliphatic rings. The fraction of sp³-hybridized carbons (Fsp3) is 0.0588. The van der Waals surface area contributed by atoms with Crippen LogP contribution in [0.4, 0.5) is 4.39 Å². The topological polar surface area (TPSA) is 20.9 Å². The van der Waals surface area contributed by atoms with Gasteiger partial charge in [0.2, 0.25) is 12.3 Å². The summed E-state index contributed by atoms with van der Waals surface area (Å²) in [6.07, 6.45) is 3.82. The van der Waals surface area contributed by atoms with Crippen molar-refractivity contribution in [2.75, 3.05) is 0 Å². The highest BCUT2D eigenvalue weighted by Crippen LogP contribution is 2.10. The van der Waals surface area contributed by atoms with Crippen LogP contribution in [0.25, 0.3) is 10.8 Å². The zero-order valence-electron chi connectivity index (χ0n) is 11.2. The van der Waals surface area contributed by atoms with Gasteiger partial charge in [0.25, 0.3) is 0 Å². The van der Waals surface area contributed by atoms with Gasteiger partial charge in [0.15, 0.2) is 12.4 Å². The fourth-order valence-electron chi connectivity index (χ4n) is 2.17. The van der Waals surface area contributed by atoms with Crippen LogP contribution in [0.1, 0.15) is 10.4 Å². The Labute approximate surface area is 132 Å². The Morgan fingerprint density at radius 2 is 1.62 bits per heavy atom. The maximum atomic E-state index is 12.8. The smallest absolute Gasteiger partial charge is 0.227 e. The number of rotatable bonds is 3. The number of benzene rings is 2. The van der Waals surface area contributed by atoms with Crippen LogP contribution in [0.5, 0.6) is 0 Å². The number of aromatic nitrogens is 1. The summed E-state index contributed by atoms with van der Waals surface area (Å²) < 4.78 is 14.7. The van der Waals surface area contributed by atoms with E-state index in [-0.39, 0.29) is 35.1 Å². The van der Waals surface area contributed by atoms with Gasteiger partial charge in [0, 0.05) is 17.0 Å². The molecule has 0 N–H and O–H groups in total. The molecule has 0 spiro atoms. The Hall–Kier alpha value is -2.07. The molecule has 0 atom stereocenters. The van der Waals surface area contributed by atoms with Gasteiger partial charge in [0.05, 0.1) is 0 Å². The molecule has 1 heterocycles. The molecule has 3 rings (SSSR count). The summed E-state index contributed by atoms with van der Waals surface area (Å²) in [6, 6.07) is 15.6. The van der Waals surface area contributed by atoms with Crippen molar-refractivity contribution in [3.63, 3.8) is 0 Å². The average molecular weight is 346 g/mol. The zero-order valence-corrected chi connectivity index (χ0v) is 12.8. The highest BCUT2D eigenvalue weighted by molar-refractivity contribution is 5.95. The van der Waals surface area contributed by atoms with Crippen molar-refractivity contribution in [3.8, 4) is 0 Å². The van der Waals surface area contributed by atoms with Gasteiger partial charge in [-0.15, -0.1) is 0 Å². The van der Waals surface area contributed by atoms with Crippen molar-refractivity contribution in [2.24, 2.45) is 0 Å². The minimum absolute atomic E-state index is 0. The number of carbonyl (C=O) groups is 1. The molecule has 0 fully saturated rings. The van der Waals surface area contributed by atoms with Crippen molar-refractivity contribution in [1.82, 2.24) is 0 Å². The summed E-state index contributed by atoms with van der Waals surface area (Å²) in [6.45, 7) is 0.246. The second-order valence-corrected chi connectivity index (χ2v) is 4.68. The highest BCUT2D eigenvalue weighted by atomic mass is 79.9. The number of halogens is 2. The Morgan fingerprint density at radius 1 is 0.952 bits per heavy atom. The molecule has 0 radical (unpaired) electrons. The van der Waals surface area contributed by atoms with E-state index in [4.69, 9.17) is 0 Å². The quantitative estimate of drug-likeness (QED) is 0.489. The van der Waals surface area contributed by atoms with Gasteiger partial charge in [-0.25, -0.2) is 4.39 Å². The molecule has 4 heteroatoms. The van der Waals surface area contributed by atoms with E-state index >= 15 is 0 Å². The third-order valence-corrected chi connectivity index (χ3v) is 3.24. The lowest BCUT2D eigenvalue weighted by atomic mass is 10.1. The zero-order chi connectivity index (χ0) is 13.9. The number of nitrogens with zero attached hydrogens (tertiary/aromatic N) is 1. The van der Waals surface area contributed by atoms with Crippen LogP contribution in [0.15, 0.2) is 67.0 Å². The predicted molar refractivity (Wildman–Crippen MR) is 74.9 cm³/mol. The molecule has 0 aliphatic carbocycles. The van der Waals surface area contributed by atoms with E-state index in [0.717, 1.165) is 10.8 Å². The van der Waals surface area contributed by atoms with Gasteiger partial charge in [-0.3, -0.25) is 4.79 Å². The molecule has 1 aromatic heterocycles. The molecule has 0 saturated heterocycles. The van der Waals surface area contributed by atoms with Crippen LogP contribution >= 0.6 is 0 Å². The summed E-state index contributed by atoms with van der Waals surface area (Å²) in [7, 11) is 0. The summed E-state index contributed by atoms with van der Waals surface area (Å²) >= 11 is 0. The first-order chi connectivity index (χ1) is 9.72. The van der Waals surface area contributed by atoms with Gasteiger partial charge in [0.1, 0.15) is 5.82 Å². The predicted octanol–water partition coefficient (Wildman–Crippen LogP) is 0.153. The van der Waals surface area contributed by atoms with Crippen LogP contribution in [-0.4, -0.2) is 5.78 Å². The lowest BCUT2D eigenvalue weighted by molar-refractivity contribution is -0.681. The van der Waals surface area contributed by atoms with Gasteiger partial charge < -0.3 is 17.0 Å². The average Bonchev–Trinajstić information content (AvgIpc) is 2.48. The van der Waals surface area contributed by atoms with Crippen LogP contribution < -0.4 is 21.5 Å². The van der Waals surface area contributed by atoms with E-state index in [9.17, 15) is 9.18 Å². The molecule has 106 valence electrons. The van der Waals surface area contributed by atoms with E-state index in [0.29, 0.717) is 5.56 Å². The van der Waals surface area contributed by atoms with Gasteiger partial charge >= 0.3 is 0 Å². The number of carbonyl (C=O) groups excluding carboxylic acids is 1. The van der Waals surface area contributed by atoms with Gasteiger partial charge in [-0.1, -0.05) is 18.2 Å². The number of ketones is 1. The molecule has 0 unspecified atom stereocenters. The normalized spacial score (nSPS) is 10.1. The van der Waals surface area contributed by atoms with Crippen LogP contribution in [0, 0.1) is 5.82 Å². The van der Waals surface area contributed by atoms with Crippen molar-refractivity contribution < 1.29 is 30.7 Å². The minimum Gasteiger partial charge on any atom is -1.00 e. The second kappa shape index (κ2) is 6.59. The van der Waals surface area contributed by atoms with Crippen molar-refractivity contribution in [2.45, 2.75) is 6.54 Å². The largest absolute Gasteiger partial charge is 1.00 e. The summed E-state index contributed by atoms with van der Waals surface area (Å²) in [4.78, 5) is 12.1. The Morgan fingerprint density at radius 3 is 2.33 bits per heavy atom. The summed E-state index contributed by atoms with van der Waals surface area (Å²) in [5.41, 5.74) is 0.520. The maximum absolute atomic E-state index is 12.8. The molecule has 0 amide bonds. The third kappa shape index (κ3) is 3.52. The molecule has 3 aromatic rings. The summed E-state index contributed by atoms with van der Waals surface area (Å²) in [5, 5.41) is 2.22. The third-order valence-electron chi connectivity index (χ3n) is 3.24. The van der Waals surface area contributed by atoms with Crippen molar-refractivity contribution >= 4 is 16.6 Å². The first-order valence-corrected chi connectivity index (χ1v) is 6.39. The number of fused-ring (bicyclic) bond motifs is 1. The van der Waals surface area contributed by atoms with Gasteiger partial charge in [-0.2, -0.15) is 4.57 Å². The van der Waals surface area contributed by atoms with Crippen molar-refractivity contribution in [1.29, 1.82) is 0 Å². The van der Waals surface area contributed by atoms with Gasteiger partial charge in [-0.05, 0) is 35.7 Å². The van der Waals surface area contributed by atoms with Crippen molar-refractivity contribution in [3.05, 3.63) is 78.4 Å². The molecule has 0 saturated carbocycles. The molecular formula is C17H13BrFNO. The lowest BCUT2D eigenvalue weighted by Crippen LogP contribution is -3.00. The number of hydrogen-bond donors (Lipinski definition) is 0. The Bertz CT molecular complexity index is 771. The molecular weight excluding hydrogens is 333 g/mol. The van der Waals surface area contributed by atoms with E-state index in [1.807, 2.05) is 47.3 Å². The monoisotopic (exact) mass is 345 g/mol. The molecule has 2 nitrogen and oxygen atoms in total. The van der Waals surface area contributed by atoms with Crippen LogP contribution in [0.2, 0.25) is 0 Å². The minimum atomic E-state index is -0.333. The lowest BCUT2D eigenvalue weighted by Gasteiger charge is -2.00. The fourth-order valence-corrected chi connectivity index (χ4v) is 2.17. The molecule has 21 heavy (non-hydrogen) atoms. The highest BCUT2D eigenvalue weighted by Gasteiger charge is 2.12. The standard InChI is InChI=1S/C17H13FNO.BrH/c18-16-7-5-14(6-8-16)17(20)12-19-10-9-13-3-1-2-4-15(13)11-19;/h1-11H,12H2;1H/q+1;/p-1. The molecule has 0 aliphatic heterocycles. The Kier molecular flexibility index (Phi) is 4.81. The number of hydrogen-bond acceptors (Lipinski definition) is 1. The van der Waals surface area contributed by atoms with E-state index < -0.39 is 0 Å². The maximum Gasteiger partial charge on any atom is 0.227 e. The number of Topliss-reactive ketones (excluding diaryl/α,β-unsaturated/α-hetero) is 1. The number of pyridine rings is 1. The summed E-state index contributed by atoms with van der Waals surface area (Å²) in [5.74, 6) is -0.370. The second-order valence-electron chi connectivity index (χ2n) is 4.68. The first-order valence-electron chi connectivity index (χ1n) is 6.39. The van der Waals surface area contributed by atoms with E-state index in [1.54, 1.807) is 0 Å². The van der Waals surface area contributed by atoms with E-state index in [2.05, 4.69) is 0 Å². The van der Waals surface area contributed by atoms with E-state index in [1.165, 1.54) is 24.3 Å². The molecule has 2 aromatic carbocycles. The molecule has 0 bridgehead atoms. The van der Waals surface area contributed by atoms with Crippen LogP contribution in [-0.2, 0) is 6.54 Å². The Balaban J connectivity index is 0.00000161. The van der Waals surface area contributed by atoms with Crippen LogP contribution in [0.3, 0.4) is 0 Å². The SMILES string of the molecule is O=C(C[n+]1ccc2ccccc2c1)c1ccc(F)cc1.[Br-].